The molecule has 0 radical (unpaired) electrons. The molecule has 2 aromatic carbocycles. The molecule has 3 aromatic rings. The monoisotopic (exact) mass is 545 g/mol. The lowest BCUT2D eigenvalue weighted by atomic mass is 9.88. The highest BCUT2D eigenvalue weighted by atomic mass is 127. The van der Waals surface area contributed by atoms with Crippen molar-refractivity contribution in [2.45, 2.75) is 44.9 Å². The van der Waals surface area contributed by atoms with E-state index in [9.17, 15) is 9.59 Å². The van der Waals surface area contributed by atoms with Crippen LogP contribution < -0.4 is 15.0 Å². The second kappa shape index (κ2) is 9.81. The molecule has 1 aliphatic carbocycles. The number of aromatic nitrogens is 2. The second-order valence-corrected chi connectivity index (χ2v) is 8.97. The Morgan fingerprint density at radius 2 is 1.97 bits per heavy atom. The third-order valence-corrected chi connectivity index (χ3v) is 6.37. The van der Waals surface area contributed by atoms with Crippen molar-refractivity contribution in [2.24, 2.45) is 5.10 Å². The maximum absolute atomic E-state index is 13.3. The van der Waals surface area contributed by atoms with E-state index in [2.05, 4.69) is 27.7 Å². The molecule has 7 nitrogen and oxygen atoms in total. The van der Waals surface area contributed by atoms with Gasteiger partial charge in [0.1, 0.15) is 5.82 Å². The third-order valence-electron chi connectivity index (χ3n) is 5.57. The molecular weight excluding hydrogens is 521 g/mol. The van der Waals surface area contributed by atoms with Gasteiger partial charge in [-0.2, -0.15) is 9.78 Å². The number of fused-ring (bicyclic) bond motifs is 1. The summed E-state index contributed by atoms with van der Waals surface area (Å²) < 4.78 is 12.8. The van der Waals surface area contributed by atoms with E-state index in [1.165, 1.54) is 25.1 Å². The lowest BCUT2D eigenvalue weighted by molar-refractivity contribution is -0.132. The number of esters is 1. The number of ether oxygens (including phenoxy) is 2. The molecule has 0 N–H and O–H groups in total. The summed E-state index contributed by atoms with van der Waals surface area (Å²) in [6.45, 7) is 1.34. The highest BCUT2D eigenvalue weighted by Crippen LogP contribution is 2.34. The van der Waals surface area contributed by atoms with Crippen molar-refractivity contribution in [3.8, 4) is 11.5 Å². The van der Waals surface area contributed by atoms with E-state index < -0.39 is 5.97 Å². The maximum atomic E-state index is 13.3. The molecule has 0 bridgehead atoms. The fourth-order valence-electron chi connectivity index (χ4n) is 4.06. The van der Waals surface area contributed by atoms with Crippen LogP contribution in [0.15, 0.2) is 46.3 Å². The Balaban J connectivity index is 1.79. The van der Waals surface area contributed by atoms with Crippen molar-refractivity contribution >= 4 is 45.7 Å². The van der Waals surface area contributed by atoms with Crippen LogP contribution in [-0.2, 0) is 4.79 Å². The van der Waals surface area contributed by atoms with Crippen molar-refractivity contribution in [3.63, 3.8) is 0 Å². The first-order valence-electron chi connectivity index (χ1n) is 10.6. The van der Waals surface area contributed by atoms with Gasteiger partial charge in [0, 0.05) is 12.8 Å². The summed E-state index contributed by atoms with van der Waals surface area (Å²) in [4.78, 5) is 29.5. The molecule has 8 heteroatoms. The van der Waals surface area contributed by atoms with Crippen LogP contribution >= 0.6 is 22.6 Å². The predicted octanol–water partition coefficient (Wildman–Crippen LogP) is 4.86. The van der Waals surface area contributed by atoms with Crippen molar-refractivity contribution < 1.29 is 14.3 Å². The molecule has 1 saturated carbocycles. The minimum Gasteiger partial charge on any atom is -0.493 e. The van der Waals surface area contributed by atoms with E-state index >= 15 is 0 Å². The van der Waals surface area contributed by atoms with Crippen LogP contribution in [0.3, 0.4) is 0 Å². The Morgan fingerprint density at radius 1 is 1.22 bits per heavy atom. The third kappa shape index (κ3) is 4.69. The molecule has 166 valence electrons. The van der Waals surface area contributed by atoms with Gasteiger partial charge in [-0.1, -0.05) is 31.4 Å². The van der Waals surface area contributed by atoms with Crippen molar-refractivity contribution in [1.82, 2.24) is 9.66 Å². The molecule has 0 atom stereocenters. The number of methoxy groups -OCH3 is 1. The van der Waals surface area contributed by atoms with Gasteiger partial charge >= 0.3 is 5.97 Å². The van der Waals surface area contributed by atoms with E-state index in [4.69, 9.17) is 14.5 Å². The number of rotatable bonds is 5. The van der Waals surface area contributed by atoms with Crippen LogP contribution in [0.1, 0.15) is 56.3 Å². The van der Waals surface area contributed by atoms with Gasteiger partial charge in [-0.15, -0.1) is 0 Å². The lowest BCUT2D eigenvalue weighted by Gasteiger charge is -2.22. The topological polar surface area (TPSA) is 82.8 Å². The maximum Gasteiger partial charge on any atom is 0.308 e. The number of hydrogen-bond acceptors (Lipinski definition) is 6. The quantitative estimate of drug-likeness (QED) is 0.198. The average Bonchev–Trinajstić information content (AvgIpc) is 2.80. The molecule has 32 heavy (non-hydrogen) atoms. The summed E-state index contributed by atoms with van der Waals surface area (Å²) in [5.74, 6) is 1.28. The Kier molecular flexibility index (Phi) is 6.88. The summed E-state index contributed by atoms with van der Waals surface area (Å²) in [5, 5.41) is 5.10. The molecule has 0 saturated heterocycles. The molecule has 1 fully saturated rings. The Bertz CT molecular complexity index is 1250. The number of halogens is 1. The fourth-order valence-corrected chi connectivity index (χ4v) is 4.79. The molecule has 1 heterocycles. The fraction of sp³-hybridized carbons (Fsp3) is 0.333. The predicted molar refractivity (Wildman–Crippen MR) is 132 cm³/mol. The Hall–Kier alpha value is -2.75. The van der Waals surface area contributed by atoms with Crippen LogP contribution in [0.2, 0.25) is 0 Å². The van der Waals surface area contributed by atoms with Crippen LogP contribution in [0.4, 0.5) is 0 Å². The molecule has 4 rings (SSSR count). The van der Waals surface area contributed by atoms with E-state index in [1.807, 2.05) is 24.3 Å². The summed E-state index contributed by atoms with van der Waals surface area (Å²) in [6, 6.07) is 10.9. The molecule has 0 amide bonds. The van der Waals surface area contributed by atoms with E-state index in [0.717, 1.165) is 31.2 Å². The molecule has 1 aliphatic rings. The number of carbonyl (C=O) groups excluding carboxylic acids is 1. The first-order chi connectivity index (χ1) is 15.5. The SMILES string of the molecule is COc1cc(C=Nn2c(C3CCCCC3)nc3ccccc3c2=O)cc(I)c1OC(C)=O. The van der Waals surface area contributed by atoms with E-state index in [1.54, 1.807) is 18.3 Å². The summed E-state index contributed by atoms with van der Waals surface area (Å²) >= 11 is 2.08. The second-order valence-electron chi connectivity index (χ2n) is 7.81. The molecule has 0 unspecified atom stereocenters. The number of benzene rings is 2. The first-order valence-corrected chi connectivity index (χ1v) is 11.7. The van der Waals surface area contributed by atoms with Gasteiger partial charge in [0.05, 0.1) is 27.8 Å². The minimum absolute atomic E-state index is 0.175. The first kappa shape index (κ1) is 22.4. The van der Waals surface area contributed by atoms with Crippen molar-refractivity contribution in [2.75, 3.05) is 7.11 Å². The standard InChI is InChI=1S/C24H24IN3O4/c1-15(29)32-22-19(25)12-16(13-21(22)31-2)14-26-28-23(17-8-4-3-5-9-17)27-20-11-7-6-10-18(20)24(28)30/h6-7,10-14,17H,3-5,8-9H2,1-2H3. The summed E-state index contributed by atoms with van der Waals surface area (Å²) in [5.41, 5.74) is 1.24. The van der Waals surface area contributed by atoms with Gasteiger partial charge in [-0.05, 0) is 65.3 Å². The van der Waals surface area contributed by atoms with Crippen LogP contribution in [0.25, 0.3) is 10.9 Å². The molecule has 0 aliphatic heterocycles. The van der Waals surface area contributed by atoms with Gasteiger partial charge in [0.15, 0.2) is 11.5 Å². The van der Waals surface area contributed by atoms with Crippen molar-refractivity contribution in [1.29, 1.82) is 0 Å². The summed E-state index contributed by atoms with van der Waals surface area (Å²) in [7, 11) is 1.51. The van der Waals surface area contributed by atoms with Gasteiger partial charge in [0.25, 0.3) is 5.56 Å². The van der Waals surface area contributed by atoms with Crippen LogP contribution in [0, 0.1) is 3.57 Å². The Labute approximate surface area is 199 Å². The normalized spacial score (nSPS) is 14.7. The zero-order chi connectivity index (χ0) is 22.7. The zero-order valence-corrected chi connectivity index (χ0v) is 20.2. The number of nitrogens with zero attached hydrogens (tertiary/aromatic N) is 3. The van der Waals surface area contributed by atoms with Gasteiger partial charge < -0.3 is 9.47 Å². The van der Waals surface area contributed by atoms with Gasteiger partial charge in [-0.25, -0.2) is 4.98 Å². The zero-order valence-electron chi connectivity index (χ0n) is 18.0. The highest BCUT2D eigenvalue weighted by Gasteiger charge is 2.22. The van der Waals surface area contributed by atoms with Crippen LogP contribution in [-0.4, -0.2) is 29.0 Å². The Morgan fingerprint density at radius 3 is 2.69 bits per heavy atom. The van der Waals surface area contributed by atoms with Gasteiger partial charge in [0.2, 0.25) is 0 Å². The number of para-hydroxylation sites is 1. The number of carbonyl (C=O) groups is 1. The molecule has 0 spiro atoms. The van der Waals surface area contributed by atoms with Gasteiger partial charge in [-0.3, -0.25) is 9.59 Å². The average molecular weight is 545 g/mol. The largest absolute Gasteiger partial charge is 0.493 e. The van der Waals surface area contributed by atoms with Crippen molar-refractivity contribution in [3.05, 3.63) is 61.7 Å². The minimum atomic E-state index is -0.423. The van der Waals surface area contributed by atoms with E-state index in [0.29, 0.717) is 31.8 Å². The highest BCUT2D eigenvalue weighted by molar-refractivity contribution is 14.1. The van der Waals surface area contributed by atoms with E-state index in [-0.39, 0.29) is 11.5 Å². The molecule has 1 aromatic heterocycles. The van der Waals surface area contributed by atoms with Crippen LogP contribution in [0.5, 0.6) is 11.5 Å². The summed E-state index contributed by atoms with van der Waals surface area (Å²) in [6.07, 6.45) is 7.09. The lowest BCUT2D eigenvalue weighted by Crippen LogP contribution is -2.25. The smallest absolute Gasteiger partial charge is 0.308 e. The molecular formula is C24H24IN3O4. The number of hydrogen-bond donors (Lipinski definition) is 0.